The largest absolute Gasteiger partial charge is 0.277 e. The average molecular weight is 280 g/mol. The smallest absolute Gasteiger partial charge is 0.276 e. The fraction of sp³-hybridized carbons (Fsp3) is 0. The molecule has 0 saturated heterocycles. The predicted octanol–water partition coefficient (Wildman–Crippen LogP) is 2.64. The Labute approximate surface area is 106 Å². The molecule has 0 aliphatic heterocycles. The minimum absolute atomic E-state index is 0.384. The van der Waals surface area contributed by atoms with Crippen molar-refractivity contribution in [1.29, 1.82) is 0 Å². The van der Waals surface area contributed by atoms with Crippen molar-refractivity contribution in [3.05, 3.63) is 29.3 Å². The van der Waals surface area contributed by atoms with Crippen LogP contribution in [0.25, 0.3) is 0 Å². The molecule has 0 amide bonds. The van der Waals surface area contributed by atoms with E-state index < -0.39 is 16.2 Å². The quantitative estimate of drug-likeness (QED) is 0.399. The summed E-state index contributed by atoms with van der Waals surface area (Å²) in [5.41, 5.74) is 2.26. The fourth-order valence-electron chi connectivity index (χ4n) is 0.833. The van der Waals surface area contributed by atoms with E-state index in [9.17, 15) is 9.59 Å². The van der Waals surface area contributed by atoms with Gasteiger partial charge in [0.2, 0.25) is 5.71 Å². The second-order valence-corrected chi connectivity index (χ2v) is 3.69. The number of benzene rings is 1. The molecule has 0 unspecified atom stereocenters. The number of rotatable bonds is 4. The maximum atomic E-state index is 10.7. The van der Waals surface area contributed by atoms with E-state index in [4.69, 9.17) is 34.8 Å². The zero-order valence-electron chi connectivity index (χ0n) is 7.71. The van der Waals surface area contributed by atoms with E-state index in [-0.39, 0.29) is 0 Å². The van der Waals surface area contributed by atoms with Crippen molar-refractivity contribution in [2.45, 2.75) is 0 Å². The molecule has 16 heavy (non-hydrogen) atoms. The van der Waals surface area contributed by atoms with Crippen molar-refractivity contribution in [2.75, 3.05) is 5.43 Å². The number of carbonyl (C=O) groups excluding carboxylic acids is 2. The maximum absolute atomic E-state index is 10.7. The molecule has 1 aromatic carbocycles. The summed E-state index contributed by atoms with van der Waals surface area (Å²) in [6.07, 6.45) is 0. The molecular weight excluding hydrogens is 274 g/mol. The number of nitrogens with zero attached hydrogens (tertiary/aromatic N) is 1. The van der Waals surface area contributed by atoms with Gasteiger partial charge < -0.3 is 0 Å². The second-order valence-electron chi connectivity index (χ2n) is 2.60. The van der Waals surface area contributed by atoms with E-state index in [1.54, 1.807) is 24.3 Å². The van der Waals surface area contributed by atoms with Gasteiger partial charge in [-0.05, 0) is 35.3 Å². The number of carbonyl (C=O) groups is 2. The third-order valence-electron chi connectivity index (χ3n) is 1.53. The summed E-state index contributed by atoms with van der Waals surface area (Å²) in [6, 6.07) is 6.65. The zero-order chi connectivity index (χ0) is 12.1. The van der Waals surface area contributed by atoms with E-state index in [0.717, 1.165) is 0 Å². The Bertz CT molecular complexity index is 444. The highest BCUT2D eigenvalue weighted by atomic mass is 35.5. The average Bonchev–Trinajstić information content (AvgIpc) is 2.20. The molecule has 84 valence electrons. The number of anilines is 1. The van der Waals surface area contributed by atoms with Crippen LogP contribution in [-0.2, 0) is 9.59 Å². The minimum atomic E-state index is -1.04. The van der Waals surface area contributed by atoms with Crippen LogP contribution in [0.3, 0.4) is 0 Å². The Morgan fingerprint density at radius 2 is 1.69 bits per heavy atom. The van der Waals surface area contributed by atoms with Crippen LogP contribution in [0, 0.1) is 0 Å². The molecule has 0 radical (unpaired) electrons. The number of hydrogen-bond donors (Lipinski definition) is 1. The van der Waals surface area contributed by atoms with E-state index in [1.807, 2.05) is 0 Å². The van der Waals surface area contributed by atoms with Gasteiger partial charge in [-0.3, -0.25) is 15.0 Å². The lowest BCUT2D eigenvalue weighted by atomic mass is 10.3. The Balaban J connectivity index is 2.90. The first-order valence-electron chi connectivity index (χ1n) is 4.00. The van der Waals surface area contributed by atoms with Gasteiger partial charge in [0.05, 0.1) is 10.7 Å². The van der Waals surface area contributed by atoms with Crippen molar-refractivity contribution in [1.82, 2.24) is 0 Å². The van der Waals surface area contributed by atoms with Crippen LogP contribution in [0.2, 0.25) is 5.02 Å². The summed E-state index contributed by atoms with van der Waals surface area (Å²) < 4.78 is 0. The van der Waals surface area contributed by atoms with Gasteiger partial charge in [-0.1, -0.05) is 23.7 Å². The number of para-hydroxylation sites is 1. The summed E-state index contributed by atoms with van der Waals surface area (Å²) in [6.45, 7) is 0. The SMILES string of the molecule is O=C(Cl)C(=NNc1ccccc1Cl)C(=O)Cl. The summed E-state index contributed by atoms with van der Waals surface area (Å²) in [7, 11) is 0. The lowest BCUT2D eigenvalue weighted by molar-refractivity contribution is -0.109. The van der Waals surface area contributed by atoms with Crippen molar-refractivity contribution >= 4 is 56.7 Å². The molecule has 0 atom stereocenters. The fourth-order valence-corrected chi connectivity index (χ4v) is 1.32. The van der Waals surface area contributed by atoms with E-state index in [0.29, 0.717) is 10.7 Å². The minimum Gasteiger partial charge on any atom is -0.276 e. The summed E-state index contributed by atoms with van der Waals surface area (Å²) in [5, 5.41) is 1.77. The van der Waals surface area contributed by atoms with Gasteiger partial charge in [0, 0.05) is 0 Å². The molecule has 1 aromatic rings. The summed E-state index contributed by atoms with van der Waals surface area (Å²) in [5.74, 6) is 0. The molecule has 0 spiro atoms. The maximum Gasteiger partial charge on any atom is 0.277 e. The lowest BCUT2D eigenvalue weighted by Gasteiger charge is -2.02. The van der Waals surface area contributed by atoms with Gasteiger partial charge in [-0.25, -0.2) is 0 Å². The van der Waals surface area contributed by atoms with Crippen LogP contribution >= 0.6 is 34.8 Å². The van der Waals surface area contributed by atoms with Gasteiger partial charge in [0.1, 0.15) is 0 Å². The molecular formula is C9H5Cl3N2O2. The number of hydrogen-bond acceptors (Lipinski definition) is 4. The van der Waals surface area contributed by atoms with Gasteiger partial charge >= 0.3 is 0 Å². The molecule has 4 nitrogen and oxygen atoms in total. The zero-order valence-corrected chi connectivity index (χ0v) is 9.97. The van der Waals surface area contributed by atoms with Gasteiger partial charge in [-0.2, -0.15) is 5.10 Å². The number of nitrogens with one attached hydrogen (secondary N) is 1. The first kappa shape index (κ1) is 13.0. The van der Waals surface area contributed by atoms with Crippen molar-refractivity contribution < 1.29 is 9.59 Å². The molecule has 0 bridgehead atoms. The van der Waals surface area contributed by atoms with Crippen LogP contribution in [0.1, 0.15) is 0 Å². The molecule has 1 N–H and O–H groups in total. The van der Waals surface area contributed by atoms with Gasteiger partial charge in [0.25, 0.3) is 10.5 Å². The first-order chi connectivity index (χ1) is 7.52. The highest BCUT2D eigenvalue weighted by Gasteiger charge is 2.16. The molecule has 1 rings (SSSR count). The van der Waals surface area contributed by atoms with Crippen LogP contribution in [-0.4, -0.2) is 16.2 Å². The van der Waals surface area contributed by atoms with Gasteiger partial charge in [0.15, 0.2) is 0 Å². The monoisotopic (exact) mass is 278 g/mol. The topological polar surface area (TPSA) is 58.5 Å². The molecule has 0 aromatic heterocycles. The van der Waals surface area contributed by atoms with E-state index >= 15 is 0 Å². The second kappa shape index (κ2) is 5.84. The first-order valence-corrected chi connectivity index (χ1v) is 5.13. The Hall–Kier alpha value is -1.10. The van der Waals surface area contributed by atoms with E-state index in [1.165, 1.54) is 0 Å². The van der Waals surface area contributed by atoms with Crippen molar-refractivity contribution in [3.8, 4) is 0 Å². The molecule has 0 heterocycles. The summed E-state index contributed by atoms with van der Waals surface area (Å²) in [4.78, 5) is 21.5. The third kappa shape index (κ3) is 3.48. The van der Waals surface area contributed by atoms with E-state index in [2.05, 4.69) is 10.5 Å². The molecule has 7 heteroatoms. The highest BCUT2D eigenvalue weighted by molar-refractivity contribution is 7.01. The molecule has 0 aliphatic carbocycles. The molecule has 0 aliphatic rings. The number of halogens is 3. The molecule has 0 fully saturated rings. The Kier molecular flexibility index (Phi) is 4.73. The highest BCUT2D eigenvalue weighted by Crippen LogP contribution is 2.20. The van der Waals surface area contributed by atoms with Gasteiger partial charge in [-0.15, -0.1) is 0 Å². The van der Waals surface area contributed by atoms with Crippen LogP contribution in [0.4, 0.5) is 5.69 Å². The summed E-state index contributed by atoms with van der Waals surface area (Å²) >= 11 is 16.0. The normalized spacial score (nSPS) is 9.44. The Morgan fingerprint density at radius 3 is 2.19 bits per heavy atom. The predicted molar refractivity (Wildman–Crippen MR) is 64.2 cm³/mol. The van der Waals surface area contributed by atoms with Crippen molar-refractivity contribution in [3.63, 3.8) is 0 Å². The standard InChI is InChI=1S/C9H5Cl3N2O2/c10-5-3-1-2-4-6(5)13-14-7(8(11)15)9(12)16/h1-4,13H. The number of hydrazone groups is 1. The third-order valence-corrected chi connectivity index (χ3v) is 2.22. The van der Waals surface area contributed by atoms with Crippen molar-refractivity contribution in [2.24, 2.45) is 5.10 Å². The lowest BCUT2D eigenvalue weighted by Crippen LogP contribution is -2.17. The van der Waals surface area contributed by atoms with Crippen LogP contribution < -0.4 is 5.43 Å². The van der Waals surface area contributed by atoms with Crippen LogP contribution in [0.5, 0.6) is 0 Å². The molecule has 0 saturated carbocycles. The Morgan fingerprint density at radius 1 is 1.12 bits per heavy atom. The van der Waals surface area contributed by atoms with Crippen LogP contribution in [0.15, 0.2) is 29.4 Å².